The molecule has 1 amide bonds. The number of anilines is 1. The van der Waals surface area contributed by atoms with Gasteiger partial charge >= 0.3 is 0 Å². The molecule has 0 aromatic heterocycles. The van der Waals surface area contributed by atoms with E-state index in [1.165, 1.54) is 18.9 Å². The fourth-order valence-corrected chi connectivity index (χ4v) is 3.06. The zero-order valence-corrected chi connectivity index (χ0v) is 14.5. The van der Waals surface area contributed by atoms with E-state index in [0.29, 0.717) is 18.7 Å². The first-order valence-corrected chi connectivity index (χ1v) is 8.61. The van der Waals surface area contributed by atoms with Crippen LogP contribution in [-0.4, -0.2) is 35.4 Å². The van der Waals surface area contributed by atoms with Crippen molar-refractivity contribution >= 4 is 39.9 Å². The molecule has 1 aromatic rings. The number of benzene rings is 1. The summed E-state index contributed by atoms with van der Waals surface area (Å²) in [5.41, 5.74) is 0.517. The van der Waals surface area contributed by atoms with Crippen molar-refractivity contribution in [3.05, 3.63) is 31.9 Å². The highest BCUT2D eigenvalue weighted by molar-refractivity contribution is 14.1. The fourth-order valence-electron chi connectivity index (χ4n) is 2.59. The second-order valence-electron chi connectivity index (χ2n) is 5.39. The Morgan fingerprint density at radius 2 is 1.95 bits per heavy atom. The molecule has 7 heteroatoms. The third-order valence-corrected chi connectivity index (χ3v) is 4.44. The number of halogens is 1. The second kappa shape index (κ2) is 8.30. The van der Waals surface area contributed by atoms with Crippen LogP contribution in [-0.2, 0) is 4.79 Å². The lowest BCUT2D eigenvalue weighted by molar-refractivity contribution is -0.384. The van der Waals surface area contributed by atoms with Crippen LogP contribution in [0.5, 0.6) is 0 Å². The zero-order chi connectivity index (χ0) is 15.9. The van der Waals surface area contributed by atoms with Gasteiger partial charge in [0, 0.05) is 35.7 Å². The maximum atomic E-state index is 12.2. The van der Waals surface area contributed by atoms with E-state index in [-0.39, 0.29) is 11.6 Å². The SMILES string of the molecule is O=C(CCNc1ccc(I)cc1[N+](=O)[O-])N1CCCCCC1. The smallest absolute Gasteiger partial charge is 0.293 e. The maximum Gasteiger partial charge on any atom is 0.293 e. The summed E-state index contributed by atoms with van der Waals surface area (Å²) in [6.45, 7) is 2.09. The Morgan fingerprint density at radius 3 is 2.59 bits per heavy atom. The van der Waals surface area contributed by atoms with Crippen molar-refractivity contribution in [2.75, 3.05) is 25.0 Å². The number of rotatable bonds is 5. The van der Waals surface area contributed by atoms with E-state index in [4.69, 9.17) is 0 Å². The van der Waals surface area contributed by atoms with Crippen molar-refractivity contribution in [1.82, 2.24) is 4.90 Å². The molecule has 0 spiro atoms. The van der Waals surface area contributed by atoms with Crippen molar-refractivity contribution < 1.29 is 9.72 Å². The first-order chi connectivity index (χ1) is 10.6. The molecule has 1 aliphatic rings. The summed E-state index contributed by atoms with van der Waals surface area (Å²) in [5, 5.41) is 14.1. The van der Waals surface area contributed by atoms with Crippen LogP contribution in [0.15, 0.2) is 18.2 Å². The molecule has 0 radical (unpaired) electrons. The predicted molar refractivity (Wildman–Crippen MR) is 94.0 cm³/mol. The van der Waals surface area contributed by atoms with Crippen molar-refractivity contribution in [2.24, 2.45) is 0 Å². The summed E-state index contributed by atoms with van der Waals surface area (Å²) in [5.74, 6) is 0.127. The van der Waals surface area contributed by atoms with E-state index in [0.717, 1.165) is 29.5 Å². The third kappa shape index (κ3) is 4.82. The summed E-state index contributed by atoms with van der Waals surface area (Å²) in [6, 6.07) is 5.03. The van der Waals surface area contributed by atoms with E-state index in [9.17, 15) is 14.9 Å². The van der Waals surface area contributed by atoms with Gasteiger partial charge in [0.1, 0.15) is 5.69 Å². The lowest BCUT2D eigenvalue weighted by atomic mass is 10.2. The van der Waals surface area contributed by atoms with E-state index >= 15 is 0 Å². The molecule has 120 valence electrons. The average Bonchev–Trinajstić information content (AvgIpc) is 2.77. The summed E-state index contributed by atoms with van der Waals surface area (Å²) < 4.78 is 0.815. The summed E-state index contributed by atoms with van der Waals surface area (Å²) in [4.78, 5) is 24.7. The van der Waals surface area contributed by atoms with Crippen molar-refractivity contribution in [3.63, 3.8) is 0 Å². The van der Waals surface area contributed by atoms with Crippen LogP contribution in [0.3, 0.4) is 0 Å². The van der Waals surface area contributed by atoms with Crippen molar-refractivity contribution in [3.8, 4) is 0 Å². The molecule has 0 saturated carbocycles. The normalized spacial score (nSPS) is 15.2. The van der Waals surface area contributed by atoms with Crippen molar-refractivity contribution in [1.29, 1.82) is 0 Å². The van der Waals surface area contributed by atoms with Crippen LogP contribution in [0.4, 0.5) is 11.4 Å². The predicted octanol–water partition coefficient (Wildman–Crippen LogP) is 3.40. The first kappa shape index (κ1) is 17.0. The summed E-state index contributed by atoms with van der Waals surface area (Å²) >= 11 is 2.04. The Labute approximate surface area is 143 Å². The van der Waals surface area contributed by atoms with Gasteiger partial charge in [-0.05, 0) is 47.6 Å². The van der Waals surface area contributed by atoms with E-state index in [2.05, 4.69) is 5.32 Å². The van der Waals surface area contributed by atoms with Gasteiger partial charge in [0.05, 0.1) is 4.92 Å². The van der Waals surface area contributed by atoms with Crippen LogP contribution in [0.1, 0.15) is 32.1 Å². The molecule has 1 aliphatic heterocycles. The van der Waals surface area contributed by atoms with Gasteiger partial charge in [-0.2, -0.15) is 0 Å². The molecule has 0 bridgehead atoms. The van der Waals surface area contributed by atoms with Crippen LogP contribution in [0, 0.1) is 13.7 Å². The molecular weight excluding hydrogens is 397 g/mol. The van der Waals surface area contributed by atoms with E-state index < -0.39 is 4.92 Å². The minimum Gasteiger partial charge on any atom is -0.379 e. The highest BCUT2D eigenvalue weighted by atomic mass is 127. The van der Waals surface area contributed by atoms with E-state index in [1.54, 1.807) is 6.07 Å². The van der Waals surface area contributed by atoms with Gasteiger partial charge in [0.25, 0.3) is 5.69 Å². The number of hydrogen-bond donors (Lipinski definition) is 1. The quantitative estimate of drug-likeness (QED) is 0.453. The summed E-state index contributed by atoms with van der Waals surface area (Å²) in [6.07, 6.45) is 4.89. The number of hydrogen-bond acceptors (Lipinski definition) is 4. The summed E-state index contributed by atoms with van der Waals surface area (Å²) in [7, 11) is 0. The van der Waals surface area contributed by atoms with Gasteiger partial charge in [-0.1, -0.05) is 12.8 Å². The molecule has 1 heterocycles. The topological polar surface area (TPSA) is 75.5 Å². The largest absolute Gasteiger partial charge is 0.379 e. The third-order valence-electron chi connectivity index (χ3n) is 3.77. The minimum atomic E-state index is -0.402. The maximum absolute atomic E-state index is 12.2. The number of carbonyl (C=O) groups excluding carboxylic acids is 1. The standard InChI is InChI=1S/C15H20IN3O3/c16-12-5-6-13(14(11-12)19(21)22)17-8-7-15(20)18-9-3-1-2-4-10-18/h5-6,11,17H,1-4,7-10H2. The Morgan fingerprint density at radius 1 is 1.27 bits per heavy atom. The minimum absolute atomic E-state index is 0.0501. The molecular formula is C15H20IN3O3. The monoisotopic (exact) mass is 417 g/mol. The molecule has 6 nitrogen and oxygen atoms in total. The number of nitrogens with zero attached hydrogens (tertiary/aromatic N) is 2. The molecule has 2 rings (SSSR count). The number of likely N-dealkylation sites (tertiary alicyclic amines) is 1. The molecule has 1 fully saturated rings. The van der Waals surface area contributed by atoms with Gasteiger partial charge in [-0.25, -0.2) is 0 Å². The van der Waals surface area contributed by atoms with Gasteiger partial charge in [-0.3, -0.25) is 14.9 Å². The molecule has 0 aliphatic carbocycles. The Kier molecular flexibility index (Phi) is 6.41. The fraction of sp³-hybridized carbons (Fsp3) is 0.533. The van der Waals surface area contributed by atoms with Crippen LogP contribution in [0.25, 0.3) is 0 Å². The lowest BCUT2D eigenvalue weighted by Gasteiger charge is -2.20. The second-order valence-corrected chi connectivity index (χ2v) is 6.64. The van der Waals surface area contributed by atoms with Gasteiger partial charge in [-0.15, -0.1) is 0 Å². The van der Waals surface area contributed by atoms with Gasteiger partial charge < -0.3 is 10.2 Å². The molecule has 0 unspecified atom stereocenters. The Hall–Kier alpha value is -1.38. The first-order valence-electron chi connectivity index (χ1n) is 7.53. The van der Waals surface area contributed by atoms with Crippen LogP contribution >= 0.6 is 22.6 Å². The molecule has 22 heavy (non-hydrogen) atoms. The highest BCUT2D eigenvalue weighted by Crippen LogP contribution is 2.26. The number of nitro groups is 1. The van der Waals surface area contributed by atoms with Gasteiger partial charge in [0.2, 0.25) is 5.91 Å². The molecule has 0 atom stereocenters. The molecule has 1 aromatic carbocycles. The van der Waals surface area contributed by atoms with Crippen molar-refractivity contribution in [2.45, 2.75) is 32.1 Å². The van der Waals surface area contributed by atoms with Gasteiger partial charge in [0.15, 0.2) is 0 Å². The number of nitrogens with one attached hydrogen (secondary N) is 1. The number of carbonyl (C=O) groups is 1. The number of amides is 1. The molecule has 1 saturated heterocycles. The van der Waals surface area contributed by atoms with Crippen LogP contribution < -0.4 is 5.32 Å². The molecule has 1 N–H and O–H groups in total. The lowest BCUT2D eigenvalue weighted by Crippen LogP contribution is -2.32. The number of nitro benzene ring substituents is 1. The Balaban J connectivity index is 1.88. The Bertz CT molecular complexity index is 543. The highest BCUT2D eigenvalue weighted by Gasteiger charge is 2.17. The zero-order valence-electron chi connectivity index (χ0n) is 12.4. The van der Waals surface area contributed by atoms with Crippen LogP contribution in [0.2, 0.25) is 0 Å². The van der Waals surface area contributed by atoms with E-state index in [1.807, 2.05) is 33.6 Å². The average molecular weight is 417 g/mol.